The third-order valence-electron chi connectivity index (χ3n) is 3.25. The highest BCUT2D eigenvalue weighted by atomic mass is 35.5. The van der Waals surface area contributed by atoms with Crippen LogP contribution in [0.25, 0.3) is 0 Å². The van der Waals surface area contributed by atoms with Crippen molar-refractivity contribution in [3.05, 3.63) is 70.2 Å². The molecule has 0 bridgehead atoms. The van der Waals surface area contributed by atoms with E-state index in [2.05, 4.69) is 5.32 Å². The zero-order chi connectivity index (χ0) is 14.5. The third-order valence-corrected chi connectivity index (χ3v) is 3.49. The van der Waals surface area contributed by atoms with E-state index in [-0.39, 0.29) is 5.92 Å². The predicted molar refractivity (Wildman–Crippen MR) is 78.2 cm³/mol. The molecule has 0 aliphatic rings. The maximum absolute atomic E-state index is 13.8. The number of nitrogens with one attached hydrogen (secondary N) is 1. The second kappa shape index (κ2) is 6.82. The lowest BCUT2D eigenvalue weighted by atomic mass is 9.91. The summed E-state index contributed by atoms with van der Waals surface area (Å²) in [4.78, 5) is 0. The Morgan fingerprint density at radius 3 is 2.60 bits per heavy atom. The van der Waals surface area contributed by atoms with Gasteiger partial charge in [-0.25, -0.2) is 8.78 Å². The Kier molecular flexibility index (Phi) is 5.10. The first-order valence-corrected chi connectivity index (χ1v) is 6.82. The highest BCUT2D eigenvalue weighted by Gasteiger charge is 2.15. The molecular weight excluding hydrogens is 280 g/mol. The molecule has 2 rings (SSSR count). The van der Waals surface area contributed by atoms with E-state index in [0.29, 0.717) is 23.6 Å². The molecule has 2 aromatic rings. The molecule has 0 saturated carbocycles. The largest absolute Gasteiger partial charge is 0.319 e. The summed E-state index contributed by atoms with van der Waals surface area (Å²) in [6, 6.07) is 11.2. The zero-order valence-corrected chi connectivity index (χ0v) is 11.9. The summed E-state index contributed by atoms with van der Waals surface area (Å²) in [7, 11) is 1.85. The molecule has 106 valence electrons. The second-order valence-electron chi connectivity index (χ2n) is 4.75. The van der Waals surface area contributed by atoms with Gasteiger partial charge < -0.3 is 5.32 Å². The van der Waals surface area contributed by atoms with Crippen LogP contribution in [-0.2, 0) is 6.42 Å². The molecule has 0 aliphatic heterocycles. The lowest BCUT2D eigenvalue weighted by molar-refractivity contribution is 0.554. The van der Waals surface area contributed by atoms with E-state index in [1.165, 1.54) is 12.1 Å². The van der Waals surface area contributed by atoms with Crippen LogP contribution in [0.2, 0.25) is 5.02 Å². The average Bonchev–Trinajstić information content (AvgIpc) is 2.41. The summed E-state index contributed by atoms with van der Waals surface area (Å²) >= 11 is 6.00. The minimum Gasteiger partial charge on any atom is -0.319 e. The Balaban J connectivity index is 2.25. The fourth-order valence-corrected chi connectivity index (χ4v) is 2.47. The molecule has 0 heterocycles. The van der Waals surface area contributed by atoms with Crippen molar-refractivity contribution in [1.82, 2.24) is 5.32 Å². The van der Waals surface area contributed by atoms with E-state index in [1.807, 2.05) is 25.2 Å². The molecule has 4 heteroatoms. The van der Waals surface area contributed by atoms with Crippen LogP contribution in [0.4, 0.5) is 8.78 Å². The molecule has 0 spiro atoms. The van der Waals surface area contributed by atoms with Gasteiger partial charge in [0.05, 0.1) is 0 Å². The molecule has 0 fully saturated rings. The summed E-state index contributed by atoms with van der Waals surface area (Å²) in [5.74, 6) is -0.981. The van der Waals surface area contributed by atoms with E-state index in [4.69, 9.17) is 11.6 Å². The Bertz CT molecular complexity index is 586. The monoisotopic (exact) mass is 295 g/mol. The van der Waals surface area contributed by atoms with Gasteiger partial charge in [-0.3, -0.25) is 0 Å². The van der Waals surface area contributed by atoms with Crippen molar-refractivity contribution in [2.45, 2.75) is 12.3 Å². The van der Waals surface area contributed by atoms with Gasteiger partial charge in [-0.1, -0.05) is 29.8 Å². The fraction of sp³-hybridized carbons (Fsp3) is 0.250. The summed E-state index contributed by atoms with van der Waals surface area (Å²) in [6.07, 6.45) is 0.493. The number of hydrogen-bond acceptors (Lipinski definition) is 1. The maximum Gasteiger partial charge on any atom is 0.129 e. The van der Waals surface area contributed by atoms with Crippen LogP contribution in [0.3, 0.4) is 0 Å². The summed E-state index contributed by atoms with van der Waals surface area (Å²) < 4.78 is 26.7. The molecule has 1 nitrogen and oxygen atoms in total. The first-order chi connectivity index (χ1) is 9.60. The highest BCUT2D eigenvalue weighted by molar-refractivity contribution is 6.30. The lowest BCUT2D eigenvalue weighted by Crippen LogP contribution is -2.19. The summed E-state index contributed by atoms with van der Waals surface area (Å²) in [5.41, 5.74) is 1.54. The summed E-state index contributed by atoms with van der Waals surface area (Å²) in [5, 5.41) is 3.75. The molecule has 1 unspecified atom stereocenters. The van der Waals surface area contributed by atoms with Crippen LogP contribution in [0.1, 0.15) is 17.0 Å². The Labute approximate surface area is 122 Å². The van der Waals surface area contributed by atoms with Crippen LogP contribution >= 0.6 is 11.6 Å². The molecule has 2 aromatic carbocycles. The Hall–Kier alpha value is -1.45. The molecule has 0 aliphatic carbocycles. The van der Waals surface area contributed by atoms with E-state index in [9.17, 15) is 8.78 Å². The molecule has 1 atom stereocenters. The zero-order valence-electron chi connectivity index (χ0n) is 11.2. The van der Waals surface area contributed by atoms with E-state index in [1.54, 1.807) is 6.07 Å². The summed E-state index contributed by atoms with van der Waals surface area (Å²) in [6.45, 7) is 0.692. The normalized spacial score (nSPS) is 12.4. The SMILES string of the molecule is CNCC(Cc1ccc(F)cc1F)c1cccc(Cl)c1. The van der Waals surface area contributed by atoms with E-state index in [0.717, 1.165) is 11.6 Å². The maximum atomic E-state index is 13.8. The van der Waals surface area contributed by atoms with Gasteiger partial charge in [0.25, 0.3) is 0 Å². The van der Waals surface area contributed by atoms with Crippen molar-refractivity contribution >= 4 is 11.6 Å². The van der Waals surface area contributed by atoms with Gasteiger partial charge in [0, 0.05) is 23.6 Å². The van der Waals surface area contributed by atoms with Gasteiger partial charge in [-0.2, -0.15) is 0 Å². The molecular formula is C16H16ClF2N. The van der Waals surface area contributed by atoms with Crippen LogP contribution in [0.15, 0.2) is 42.5 Å². The first kappa shape index (κ1) is 14.9. The number of benzene rings is 2. The average molecular weight is 296 g/mol. The number of likely N-dealkylation sites (N-methyl/N-ethyl adjacent to an activating group) is 1. The predicted octanol–water partition coefficient (Wildman–Crippen LogP) is 4.16. The van der Waals surface area contributed by atoms with E-state index < -0.39 is 11.6 Å². The minimum atomic E-state index is -0.556. The van der Waals surface area contributed by atoms with Crippen molar-refractivity contribution in [3.63, 3.8) is 0 Å². The molecule has 1 N–H and O–H groups in total. The smallest absolute Gasteiger partial charge is 0.129 e. The highest BCUT2D eigenvalue weighted by Crippen LogP contribution is 2.24. The molecule has 0 amide bonds. The quantitative estimate of drug-likeness (QED) is 0.873. The van der Waals surface area contributed by atoms with Crippen LogP contribution in [-0.4, -0.2) is 13.6 Å². The number of halogens is 3. The standard InChI is InChI=1S/C16H16ClF2N/c1-20-10-13(11-3-2-4-14(17)8-11)7-12-5-6-15(18)9-16(12)19/h2-6,8-9,13,20H,7,10H2,1H3. The van der Waals surface area contributed by atoms with Gasteiger partial charge in [0.2, 0.25) is 0 Å². The minimum absolute atomic E-state index is 0.0821. The molecule has 0 radical (unpaired) electrons. The van der Waals surface area contributed by atoms with Crippen LogP contribution in [0.5, 0.6) is 0 Å². The van der Waals surface area contributed by atoms with Crippen LogP contribution < -0.4 is 5.32 Å². The van der Waals surface area contributed by atoms with Crippen molar-refractivity contribution in [3.8, 4) is 0 Å². The molecule has 0 aromatic heterocycles. The van der Waals surface area contributed by atoms with Crippen molar-refractivity contribution in [1.29, 1.82) is 0 Å². The Morgan fingerprint density at radius 1 is 1.15 bits per heavy atom. The number of rotatable bonds is 5. The Morgan fingerprint density at radius 2 is 1.95 bits per heavy atom. The van der Waals surface area contributed by atoms with Gasteiger partial charge in [-0.05, 0) is 42.8 Å². The van der Waals surface area contributed by atoms with Crippen molar-refractivity contribution in [2.75, 3.05) is 13.6 Å². The fourth-order valence-electron chi connectivity index (χ4n) is 2.27. The topological polar surface area (TPSA) is 12.0 Å². The number of hydrogen-bond donors (Lipinski definition) is 1. The van der Waals surface area contributed by atoms with Gasteiger partial charge in [0.15, 0.2) is 0 Å². The van der Waals surface area contributed by atoms with Gasteiger partial charge in [0.1, 0.15) is 11.6 Å². The molecule has 20 heavy (non-hydrogen) atoms. The van der Waals surface area contributed by atoms with Gasteiger partial charge >= 0.3 is 0 Å². The molecule has 0 saturated heterocycles. The van der Waals surface area contributed by atoms with Crippen molar-refractivity contribution < 1.29 is 8.78 Å². The van der Waals surface area contributed by atoms with Gasteiger partial charge in [-0.15, -0.1) is 0 Å². The second-order valence-corrected chi connectivity index (χ2v) is 5.19. The van der Waals surface area contributed by atoms with Crippen LogP contribution in [0, 0.1) is 11.6 Å². The third kappa shape index (κ3) is 3.78. The first-order valence-electron chi connectivity index (χ1n) is 6.44. The lowest BCUT2D eigenvalue weighted by Gasteiger charge is -2.18. The van der Waals surface area contributed by atoms with E-state index >= 15 is 0 Å². The van der Waals surface area contributed by atoms with Crippen molar-refractivity contribution in [2.24, 2.45) is 0 Å².